The Bertz CT molecular complexity index is 1380. The van der Waals surface area contributed by atoms with Crippen LogP contribution >= 0.6 is 27.3 Å². The molecule has 0 aliphatic rings. The van der Waals surface area contributed by atoms with Crippen molar-refractivity contribution in [3.05, 3.63) is 70.1 Å². The van der Waals surface area contributed by atoms with Crippen LogP contribution in [0.5, 0.6) is 11.7 Å². The van der Waals surface area contributed by atoms with E-state index in [-0.39, 0.29) is 11.4 Å². The molecular formula is C21H14BrN5O3S. The zero-order valence-electron chi connectivity index (χ0n) is 15.8. The Morgan fingerprint density at radius 2 is 2.00 bits per heavy atom. The number of anilines is 1. The van der Waals surface area contributed by atoms with Gasteiger partial charge in [-0.3, -0.25) is 4.98 Å². The predicted octanol–water partition coefficient (Wildman–Crippen LogP) is 3.78. The van der Waals surface area contributed by atoms with E-state index >= 15 is 0 Å². The summed E-state index contributed by atoms with van der Waals surface area (Å²) in [6.07, 6.45) is 1.65. The molecule has 3 aromatic heterocycles. The van der Waals surface area contributed by atoms with Crippen molar-refractivity contribution in [3.63, 3.8) is 0 Å². The number of phenols is 1. The summed E-state index contributed by atoms with van der Waals surface area (Å²) in [6, 6.07) is 14.8. The Kier molecular flexibility index (Phi) is 5.00. The number of aromatic nitrogens is 4. The van der Waals surface area contributed by atoms with E-state index in [1.807, 2.05) is 48.5 Å². The fraction of sp³-hybridized carbons (Fsp3) is 0.0476. The highest BCUT2D eigenvalue weighted by molar-refractivity contribution is 9.10. The Morgan fingerprint density at radius 3 is 2.84 bits per heavy atom. The quantitative estimate of drug-likeness (QED) is 0.357. The first-order valence-electron chi connectivity index (χ1n) is 9.20. The molecule has 2 N–H and O–H groups in total. The molecule has 0 spiro atoms. The lowest BCUT2D eigenvalue weighted by Gasteiger charge is -2.07. The van der Waals surface area contributed by atoms with Crippen LogP contribution in [0.4, 0.5) is 5.13 Å². The van der Waals surface area contributed by atoms with Crippen molar-refractivity contribution in [2.45, 2.75) is 6.54 Å². The molecule has 0 amide bonds. The number of phenolic OH excluding ortho intramolecular Hbond substituents is 1. The van der Waals surface area contributed by atoms with Gasteiger partial charge in [-0.15, -0.1) is 11.3 Å². The van der Waals surface area contributed by atoms with Gasteiger partial charge in [-0.05, 0) is 22.9 Å². The van der Waals surface area contributed by atoms with Crippen molar-refractivity contribution in [3.8, 4) is 28.8 Å². The number of thiazole rings is 1. The Balaban J connectivity index is 1.40. The van der Waals surface area contributed by atoms with Crippen LogP contribution in [0.2, 0.25) is 0 Å². The van der Waals surface area contributed by atoms with E-state index in [1.165, 1.54) is 16.0 Å². The summed E-state index contributed by atoms with van der Waals surface area (Å²) < 4.78 is 7.22. The number of pyridine rings is 1. The first-order valence-corrected chi connectivity index (χ1v) is 10.9. The number of halogens is 1. The smallest absolute Gasteiger partial charge is 0.289 e. The Labute approximate surface area is 188 Å². The van der Waals surface area contributed by atoms with Crippen molar-refractivity contribution in [2.24, 2.45) is 0 Å². The summed E-state index contributed by atoms with van der Waals surface area (Å²) in [6.45, 7) is 0.353. The van der Waals surface area contributed by atoms with Gasteiger partial charge in [0.15, 0.2) is 16.8 Å². The van der Waals surface area contributed by atoms with E-state index in [2.05, 4.69) is 36.5 Å². The van der Waals surface area contributed by atoms with Crippen molar-refractivity contribution in [1.29, 1.82) is 0 Å². The lowest BCUT2D eigenvalue weighted by atomic mass is 10.1. The van der Waals surface area contributed by atoms with Crippen LogP contribution in [0.25, 0.3) is 28.0 Å². The highest BCUT2D eigenvalue weighted by atomic mass is 79.9. The maximum Gasteiger partial charge on any atom is 0.289 e. The summed E-state index contributed by atoms with van der Waals surface area (Å²) in [5.74, 6) is -0.436. The molecule has 0 atom stereocenters. The summed E-state index contributed by atoms with van der Waals surface area (Å²) in [5.41, 5.74) is 2.62. The zero-order chi connectivity index (χ0) is 21.4. The molecule has 0 radical (unpaired) electrons. The second-order valence-corrected chi connectivity index (χ2v) is 8.41. The molecule has 0 saturated carbocycles. The van der Waals surface area contributed by atoms with Gasteiger partial charge in [0.25, 0.3) is 5.69 Å². The Morgan fingerprint density at radius 1 is 1.16 bits per heavy atom. The van der Waals surface area contributed by atoms with Gasteiger partial charge in [-0.2, -0.15) is 0 Å². The molecule has 5 rings (SSSR count). The minimum absolute atomic E-state index is 0.135. The second kappa shape index (κ2) is 7.97. The highest BCUT2D eigenvalue weighted by Gasteiger charge is 2.25. The maximum atomic E-state index is 12.3. The number of nitrogens with one attached hydrogen (secondary N) is 1. The SMILES string of the molecule is [O-]c1on[n+](-c2ccc(Br)cc2)c1-c1csc(NCc2ccc3cccnc3c2O)n1. The summed E-state index contributed by atoms with van der Waals surface area (Å²) in [7, 11) is 0. The molecule has 2 aromatic carbocycles. The first-order chi connectivity index (χ1) is 15.1. The fourth-order valence-corrected chi connectivity index (χ4v) is 4.13. The van der Waals surface area contributed by atoms with E-state index in [1.54, 1.807) is 11.6 Å². The third-order valence-corrected chi connectivity index (χ3v) is 6.02. The van der Waals surface area contributed by atoms with Crippen LogP contribution in [0.15, 0.2) is 69.1 Å². The van der Waals surface area contributed by atoms with Crippen LogP contribution in [0.3, 0.4) is 0 Å². The summed E-state index contributed by atoms with van der Waals surface area (Å²) in [5, 5.41) is 33.1. The third kappa shape index (κ3) is 3.71. The number of aromatic hydroxyl groups is 1. The van der Waals surface area contributed by atoms with Crippen molar-refractivity contribution >= 4 is 43.3 Å². The van der Waals surface area contributed by atoms with Gasteiger partial charge in [0.2, 0.25) is 5.69 Å². The molecule has 0 aliphatic carbocycles. The van der Waals surface area contributed by atoms with Crippen LogP contribution in [0.1, 0.15) is 5.56 Å². The number of nitrogens with zero attached hydrogens (tertiary/aromatic N) is 4. The monoisotopic (exact) mass is 495 g/mol. The van der Waals surface area contributed by atoms with Gasteiger partial charge in [-0.25, -0.2) is 4.98 Å². The van der Waals surface area contributed by atoms with Crippen molar-refractivity contribution in [2.75, 3.05) is 5.32 Å². The number of benzene rings is 2. The van der Waals surface area contributed by atoms with Gasteiger partial charge < -0.3 is 20.1 Å². The van der Waals surface area contributed by atoms with Crippen molar-refractivity contribution in [1.82, 2.24) is 15.2 Å². The van der Waals surface area contributed by atoms with Gasteiger partial charge in [-0.1, -0.05) is 34.1 Å². The molecule has 3 heterocycles. The van der Waals surface area contributed by atoms with E-state index in [0.29, 0.717) is 34.1 Å². The minimum Gasteiger partial charge on any atom is -0.539 e. The average molecular weight is 496 g/mol. The molecule has 0 aliphatic heterocycles. The minimum atomic E-state index is -0.571. The molecule has 0 unspecified atom stereocenters. The van der Waals surface area contributed by atoms with E-state index in [0.717, 1.165) is 9.86 Å². The lowest BCUT2D eigenvalue weighted by Crippen LogP contribution is -2.34. The number of rotatable bonds is 5. The van der Waals surface area contributed by atoms with Gasteiger partial charge in [0.05, 0.1) is 5.27 Å². The molecule has 8 nitrogen and oxygen atoms in total. The van der Waals surface area contributed by atoms with E-state index < -0.39 is 5.95 Å². The topological polar surface area (TPSA) is 111 Å². The summed E-state index contributed by atoms with van der Waals surface area (Å²) >= 11 is 4.73. The molecule has 0 bridgehead atoms. The molecule has 154 valence electrons. The average Bonchev–Trinajstić information content (AvgIpc) is 3.40. The second-order valence-electron chi connectivity index (χ2n) is 6.64. The largest absolute Gasteiger partial charge is 0.539 e. The zero-order valence-corrected chi connectivity index (χ0v) is 18.2. The highest BCUT2D eigenvalue weighted by Crippen LogP contribution is 2.30. The van der Waals surface area contributed by atoms with Gasteiger partial charge in [0.1, 0.15) is 11.3 Å². The predicted molar refractivity (Wildman–Crippen MR) is 117 cm³/mol. The summed E-state index contributed by atoms with van der Waals surface area (Å²) in [4.78, 5) is 8.74. The number of hydrogen-bond acceptors (Lipinski definition) is 8. The van der Waals surface area contributed by atoms with Crippen LogP contribution < -0.4 is 15.1 Å². The normalized spacial score (nSPS) is 11.1. The molecule has 0 fully saturated rings. The van der Waals surface area contributed by atoms with Crippen LogP contribution in [-0.4, -0.2) is 20.3 Å². The van der Waals surface area contributed by atoms with E-state index in [4.69, 9.17) is 4.52 Å². The number of hydrogen-bond donors (Lipinski definition) is 2. The fourth-order valence-electron chi connectivity index (χ4n) is 3.17. The maximum absolute atomic E-state index is 12.3. The van der Waals surface area contributed by atoms with Crippen molar-refractivity contribution < 1.29 is 19.4 Å². The Hall–Kier alpha value is -3.50. The van der Waals surface area contributed by atoms with Crippen LogP contribution in [-0.2, 0) is 6.54 Å². The molecular weight excluding hydrogens is 482 g/mol. The molecule has 0 saturated heterocycles. The van der Waals surface area contributed by atoms with E-state index in [9.17, 15) is 10.2 Å². The van der Waals surface area contributed by atoms with Gasteiger partial charge in [0, 0.05) is 45.7 Å². The third-order valence-electron chi connectivity index (χ3n) is 4.69. The van der Waals surface area contributed by atoms with Gasteiger partial charge >= 0.3 is 0 Å². The molecule has 10 heteroatoms. The van der Waals surface area contributed by atoms with Crippen LogP contribution in [0, 0.1) is 0 Å². The first kappa shape index (κ1) is 19.5. The number of fused-ring (bicyclic) bond motifs is 1. The lowest BCUT2D eigenvalue weighted by molar-refractivity contribution is -0.660. The molecule has 5 aromatic rings. The molecule has 31 heavy (non-hydrogen) atoms. The standard InChI is InChI=1S/C21H14BrN5O3S/c22-14-5-7-15(8-6-14)27-18(20(29)30-26-27)16-11-31-21(25-16)24-10-13-4-3-12-2-1-9-23-17(12)19(13)28/h1-9,11H,10H2,(H2-,24,25,26,28,29).